The van der Waals surface area contributed by atoms with Crippen molar-refractivity contribution < 1.29 is 9.53 Å². The van der Waals surface area contributed by atoms with Crippen molar-refractivity contribution in [2.45, 2.75) is 6.92 Å². The van der Waals surface area contributed by atoms with Crippen LogP contribution in [0.25, 0.3) is 0 Å². The van der Waals surface area contributed by atoms with Crippen molar-refractivity contribution in [3.63, 3.8) is 0 Å². The molecule has 2 aromatic rings. The lowest BCUT2D eigenvalue weighted by Crippen LogP contribution is -2.41. The van der Waals surface area contributed by atoms with Crippen LogP contribution in [0, 0.1) is 6.92 Å². The lowest BCUT2D eigenvalue weighted by molar-refractivity contribution is 0.0383. The number of nitrogens with one attached hydrogen (secondary N) is 2. The number of carbonyl (C=O) groups excluding carboxylic acids is 1. The van der Waals surface area contributed by atoms with Crippen LogP contribution in [0.15, 0.2) is 30.6 Å². The van der Waals surface area contributed by atoms with E-state index in [1.807, 2.05) is 19.1 Å². The van der Waals surface area contributed by atoms with E-state index in [-0.39, 0.29) is 5.91 Å². The average molecular weight is 376 g/mol. The Hall–Kier alpha value is -2.22. The maximum absolute atomic E-state index is 12.2. The molecule has 0 aliphatic carbocycles. The summed E-state index contributed by atoms with van der Waals surface area (Å²) in [5.74, 6) is 0.257. The summed E-state index contributed by atoms with van der Waals surface area (Å²) in [6.45, 7) is 6.67. The normalized spacial score (nSPS) is 14.8. The van der Waals surface area contributed by atoms with Crippen molar-refractivity contribution in [2.75, 3.05) is 44.7 Å². The number of anilines is 2. The van der Waals surface area contributed by atoms with Crippen molar-refractivity contribution in [2.24, 2.45) is 0 Å². The third-order valence-corrected chi connectivity index (χ3v) is 4.40. The van der Waals surface area contributed by atoms with Gasteiger partial charge < -0.3 is 15.4 Å². The van der Waals surface area contributed by atoms with Crippen LogP contribution in [0.2, 0.25) is 5.02 Å². The molecule has 1 amide bonds. The van der Waals surface area contributed by atoms with Crippen molar-refractivity contribution in [1.82, 2.24) is 20.2 Å². The molecule has 1 aromatic carbocycles. The molecule has 7 nitrogen and oxygen atoms in total. The molecule has 0 unspecified atom stereocenters. The number of amides is 1. The largest absolute Gasteiger partial charge is 0.379 e. The molecule has 26 heavy (non-hydrogen) atoms. The Balaban J connectivity index is 1.50. The molecule has 0 spiro atoms. The predicted molar refractivity (Wildman–Crippen MR) is 101 cm³/mol. The molecule has 0 bridgehead atoms. The Morgan fingerprint density at radius 3 is 2.69 bits per heavy atom. The number of aryl methyl sites for hydroxylation is 1. The van der Waals surface area contributed by atoms with Gasteiger partial charge in [-0.15, -0.1) is 0 Å². The highest BCUT2D eigenvalue weighted by atomic mass is 35.5. The SMILES string of the molecule is Cc1cc(Cl)ccc1Nc1ncc(C(=O)NCCN2CCOCC2)cn1. The Bertz CT molecular complexity index is 748. The highest BCUT2D eigenvalue weighted by Gasteiger charge is 2.11. The summed E-state index contributed by atoms with van der Waals surface area (Å²) in [4.78, 5) is 22.9. The molecule has 2 heterocycles. The number of hydrogen-bond acceptors (Lipinski definition) is 6. The van der Waals surface area contributed by atoms with E-state index in [1.165, 1.54) is 12.4 Å². The van der Waals surface area contributed by atoms with Crippen LogP contribution in [0.4, 0.5) is 11.6 Å². The first-order valence-corrected chi connectivity index (χ1v) is 8.93. The Labute approximate surface area is 157 Å². The Morgan fingerprint density at radius 1 is 1.27 bits per heavy atom. The number of aromatic nitrogens is 2. The van der Waals surface area contributed by atoms with E-state index >= 15 is 0 Å². The Morgan fingerprint density at radius 2 is 2.00 bits per heavy atom. The number of ether oxygens (including phenoxy) is 1. The standard InChI is InChI=1S/C18H22ClN5O2/c1-13-10-15(19)2-3-16(13)23-18-21-11-14(12-22-18)17(25)20-4-5-24-6-8-26-9-7-24/h2-3,10-12H,4-9H2,1H3,(H,20,25)(H,21,22,23). The molecule has 8 heteroatoms. The summed E-state index contributed by atoms with van der Waals surface area (Å²) < 4.78 is 5.31. The third-order valence-electron chi connectivity index (χ3n) is 4.17. The summed E-state index contributed by atoms with van der Waals surface area (Å²) in [5, 5.41) is 6.69. The zero-order valence-corrected chi connectivity index (χ0v) is 15.4. The fourth-order valence-electron chi connectivity index (χ4n) is 2.65. The van der Waals surface area contributed by atoms with Gasteiger partial charge in [-0.2, -0.15) is 0 Å². The number of hydrogen-bond donors (Lipinski definition) is 2. The highest BCUT2D eigenvalue weighted by molar-refractivity contribution is 6.30. The second-order valence-electron chi connectivity index (χ2n) is 6.09. The number of morpholine rings is 1. The zero-order valence-electron chi connectivity index (χ0n) is 14.7. The monoisotopic (exact) mass is 375 g/mol. The maximum atomic E-state index is 12.2. The molecule has 0 atom stereocenters. The second kappa shape index (κ2) is 8.93. The molecule has 1 aliphatic heterocycles. The van der Waals surface area contributed by atoms with E-state index < -0.39 is 0 Å². The maximum Gasteiger partial charge on any atom is 0.254 e. The molecule has 1 aliphatic rings. The molecule has 2 N–H and O–H groups in total. The quantitative estimate of drug-likeness (QED) is 0.806. The van der Waals surface area contributed by atoms with Gasteiger partial charge in [-0.05, 0) is 30.7 Å². The summed E-state index contributed by atoms with van der Waals surface area (Å²) in [5.41, 5.74) is 2.30. The van der Waals surface area contributed by atoms with E-state index in [0.29, 0.717) is 23.1 Å². The zero-order chi connectivity index (χ0) is 18.4. The van der Waals surface area contributed by atoms with Gasteiger partial charge in [-0.3, -0.25) is 9.69 Å². The van der Waals surface area contributed by atoms with Crippen LogP contribution in [0.1, 0.15) is 15.9 Å². The first kappa shape index (κ1) is 18.6. The molecule has 1 saturated heterocycles. The van der Waals surface area contributed by atoms with Gasteiger partial charge in [-0.25, -0.2) is 9.97 Å². The van der Waals surface area contributed by atoms with Gasteiger partial charge in [0.1, 0.15) is 0 Å². The van der Waals surface area contributed by atoms with Crippen LogP contribution in [0.3, 0.4) is 0 Å². The minimum atomic E-state index is -0.174. The minimum absolute atomic E-state index is 0.174. The van der Waals surface area contributed by atoms with E-state index in [2.05, 4.69) is 25.5 Å². The van der Waals surface area contributed by atoms with E-state index in [0.717, 1.165) is 44.1 Å². The van der Waals surface area contributed by atoms with Gasteiger partial charge in [-0.1, -0.05) is 11.6 Å². The summed E-state index contributed by atoms with van der Waals surface area (Å²) in [7, 11) is 0. The lowest BCUT2D eigenvalue weighted by Gasteiger charge is -2.26. The van der Waals surface area contributed by atoms with Gasteiger partial charge in [0.15, 0.2) is 0 Å². The molecule has 0 radical (unpaired) electrons. The number of halogens is 1. The lowest BCUT2D eigenvalue weighted by atomic mass is 10.2. The van der Waals surface area contributed by atoms with Gasteiger partial charge in [0.25, 0.3) is 5.91 Å². The van der Waals surface area contributed by atoms with Crippen molar-refractivity contribution >= 4 is 29.1 Å². The fourth-order valence-corrected chi connectivity index (χ4v) is 2.88. The summed E-state index contributed by atoms with van der Waals surface area (Å²) >= 11 is 5.95. The van der Waals surface area contributed by atoms with Crippen molar-refractivity contribution in [3.8, 4) is 0 Å². The molecule has 1 fully saturated rings. The number of rotatable bonds is 6. The van der Waals surface area contributed by atoms with Crippen LogP contribution in [-0.2, 0) is 4.74 Å². The number of nitrogens with zero attached hydrogens (tertiary/aromatic N) is 3. The topological polar surface area (TPSA) is 79.4 Å². The van der Waals surface area contributed by atoms with Crippen LogP contribution < -0.4 is 10.6 Å². The fraction of sp³-hybridized carbons (Fsp3) is 0.389. The molecule has 3 rings (SSSR count). The average Bonchev–Trinajstić information content (AvgIpc) is 2.65. The number of carbonyl (C=O) groups is 1. The van der Waals surface area contributed by atoms with E-state index in [1.54, 1.807) is 6.07 Å². The minimum Gasteiger partial charge on any atom is -0.379 e. The van der Waals surface area contributed by atoms with Crippen LogP contribution >= 0.6 is 11.6 Å². The highest BCUT2D eigenvalue weighted by Crippen LogP contribution is 2.21. The van der Waals surface area contributed by atoms with Crippen molar-refractivity contribution in [1.29, 1.82) is 0 Å². The first-order valence-electron chi connectivity index (χ1n) is 8.55. The van der Waals surface area contributed by atoms with Gasteiger partial charge in [0, 0.05) is 49.3 Å². The van der Waals surface area contributed by atoms with Crippen LogP contribution in [-0.4, -0.2) is 60.2 Å². The summed E-state index contributed by atoms with van der Waals surface area (Å²) in [6.07, 6.45) is 3.04. The Kier molecular flexibility index (Phi) is 6.38. The first-order chi connectivity index (χ1) is 12.6. The second-order valence-corrected chi connectivity index (χ2v) is 6.53. The predicted octanol–water partition coefficient (Wildman–Crippen LogP) is 2.24. The molecular weight excluding hydrogens is 354 g/mol. The van der Waals surface area contributed by atoms with Gasteiger partial charge in [0.05, 0.1) is 18.8 Å². The van der Waals surface area contributed by atoms with Crippen LogP contribution in [0.5, 0.6) is 0 Å². The molecule has 138 valence electrons. The third kappa shape index (κ3) is 5.14. The van der Waals surface area contributed by atoms with Crippen molar-refractivity contribution in [3.05, 3.63) is 46.7 Å². The molecule has 1 aromatic heterocycles. The molecular formula is C18H22ClN5O2. The number of benzene rings is 1. The van der Waals surface area contributed by atoms with Gasteiger partial charge in [0.2, 0.25) is 5.95 Å². The van der Waals surface area contributed by atoms with Gasteiger partial charge >= 0.3 is 0 Å². The van der Waals surface area contributed by atoms with E-state index in [4.69, 9.17) is 16.3 Å². The molecule has 0 saturated carbocycles. The summed E-state index contributed by atoms with van der Waals surface area (Å²) in [6, 6.07) is 5.53. The smallest absolute Gasteiger partial charge is 0.254 e. The van der Waals surface area contributed by atoms with E-state index in [9.17, 15) is 4.79 Å².